The fourth-order valence-corrected chi connectivity index (χ4v) is 0. The molecule has 0 aromatic heterocycles. The first kappa shape index (κ1) is 859. The van der Waals surface area contributed by atoms with Crippen LogP contribution in [0.5, 0.6) is 0 Å². The van der Waals surface area contributed by atoms with Crippen molar-refractivity contribution in [2.75, 3.05) is 0 Å². The summed E-state index contributed by atoms with van der Waals surface area (Å²) in [7, 11) is 0. The Labute approximate surface area is 39.4 Å². The third kappa shape index (κ3) is 203. The molecule has 0 rings (SSSR count). The van der Waals surface area contributed by atoms with E-state index in [1.165, 1.54) is 0 Å². The Morgan fingerprint density at radius 2 is 0.600 bits per heavy atom. The maximum atomic E-state index is 0. The molecular formula is H6AlFO3+2. The van der Waals surface area contributed by atoms with Gasteiger partial charge in [-0.1, -0.05) is 0 Å². The molecule has 5 heavy (non-hydrogen) atoms. The molecule has 0 heterocycles. The molecule has 0 unspecified atom stereocenters. The van der Waals surface area contributed by atoms with E-state index >= 15 is 0 Å². The van der Waals surface area contributed by atoms with E-state index in [9.17, 15) is 0 Å². The SMILES string of the molecule is O.O.O.[Al+3].[F-]. The quantitative estimate of drug-likeness (QED) is 0.271. The largest absolute Gasteiger partial charge is 3.00 e. The Morgan fingerprint density at radius 1 is 0.600 bits per heavy atom. The molecule has 5 heteroatoms. The van der Waals surface area contributed by atoms with Crippen LogP contribution in [-0.4, -0.2) is 33.8 Å². The van der Waals surface area contributed by atoms with Crippen LogP contribution in [0.25, 0.3) is 0 Å². The molecule has 6 N–H and O–H groups in total. The van der Waals surface area contributed by atoms with Crippen LogP contribution in [0.4, 0.5) is 0 Å². The molecular weight excluding hydrogens is 94.0 g/mol. The fourth-order valence-electron chi connectivity index (χ4n) is 0. The van der Waals surface area contributed by atoms with Gasteiger partial charge in [0.15, 0.2) is 0 Å². The zero-order valence-corrected chi connectivity index (χ0v) is 3.61. The first-order chi connectivity index (χ1) is 0. The molecule has 0 saturated heterocycles. The smallest absolute Gasteiger partial charge is 1.00 e. The summed E-state index contributed by atoms with van der Waals surface area (Å²) < 4.78 is 0. The summed E-state index contributed by atoms with van der Waals surface area (Å²) in [6.45, 7) is 0. The molecule has 0 bridgehead atoms. The van der Waals surface area contributed by atoms with Crippen molar-refractivity contribution in [2.24, 2.45) is 0 Å². The number of halogens is 1. The van der Waals surface area contributed by atoms with Gasteiger partial charge in [0, 0.05) is 0 Å². The summed E-state index contributed by atoms with van der Waals surface area (Å²) in [6, 6.07) is 0. The van der Waals surface area contributed by atoms with Crippen molar-refractivity contribution in [1.82, 2.24) is 0 Å². The van der Waals surface area contributed by atoms with Gasteiger partial charge in [0.05, 0.1) is 0 Å². The van der Waals surface area contributed by atoms with Gasteiger partial charge in [-0.3, -0.25) is 0 Å². The molecule has 0 spiro atoms. The van der Waals surface area contributed by atoms with Gasteiger partial charge in [0.1, 0.15) is 0 Å². The summed E-state index contributed by atoms with van der Waals surface area (Å²) >= 11 is 0. The maximum Gasteiger partial charge on any atom is 3.00 e. The van der Waals surface area contributed by atoms with Gasteiger partial charge in [0.25, 0.3) is 0 Å². The number of hydrogen-bond donors (Lipinski definition) is 0. The summed E-state index contributed by atoms with van der Waals surface area (Å²) in [5.74, 6) is 0. The van der Waals surface area contributed by atoms with Crippen molar-refractivity contribution >= 4 is 17.4 Å². The third-order valence-electron chi connectivity index (χ3n) is 0. The topological polar surface area (TPSA) is 94.5 Å². The molecule has 0 fully saturated rings. The molecule has 0 aromatic carbocycles. The zero-order chi connectivity index (χ0) is 0. The van der Waals surface area contributed by atoms with Crippen molar-refractivity contribution in [3.63, 3.8) is 0 Å². The van der Waals surface area contributed by atoms with Crippen LogP contribution < -0.4 is 4.70 Å². The first-order valence-corrected chi connectivity index (χ1v) is 0. The Bertz CT molecular complexity index is 6.85. The van der Waals surface area contributed by atoms with Crippen molar-refractivity contribution < 1.29 is 21.1 Å². The standard InChI is InChI=1S/Al.FH.3H2O/h;1H;3*1H2/q+3;;;;/p-1. The zero-order valence-electron chi connectivity index (χ0n) is 2.46. The minimum absolute atomic E-state index is 0. The van der Waals surface area contributed by atoms with E-state index in [1.54, 1.807) is 0 Å². The minimum atomic E-state index is 0. The molecule has 0 aliphatic heterocycles. The van der Waals surface area contributed by atoms with Crippen molar-refractivity contribution in [2.45, 2.75) is 0 Å². The van der Waals surface area contributed by atoms with Crippen molar-refractivity contribution in [3.8, 4) is 0 Å². The Kier molecular flexibility index (Phi) is 71100. The van der Waals surface area contributed by atoms with Gasteiger partial charge in [-0.05, 0) is 0 Å². The summed E-state index contributed by atoms with van der Waals surface area (Å²) in [5, 5.41) is 0. The van der Waals surface area contributed by atoms with Gasteiger partial charge in [-0.15, -0.1) is 0 Å². The minimum Gasteiger partial charge on any atom is -1.00 e. The molecule has 0 amide bonds. The van der Waals surface area contributed by atoms with E-state index < -0.39 is 0 Å². The normalized spacial score (nSPS) is 0. The maximum absolute atomic E-state index is 0. The summed E-state index contributed by atoms with van der Waals surface area (Å²) in [6.07, 6.45) is 0. The van der Waals surface area contributed by atoms with E-state index in [-0.39, 0.29) is 38.5 Å². The molecule has 0 aromatic rings. The van der Waals surface area contributed by atoms with Crippen molar-refractivity contribution in [3.05, 3.63) is 0 Å². The molecule has 3 nitrogen and oxygen atoms in total. The summed E-state index contributed by atoms with van der Waals surface area (Å²) in [4.78, 5) is 0. The van der Waals surface area contributed by atoms with Crippen molar-refractivity contribution in [1.29, 1.82) is 0 Å². The second-order valence-electron chi connectivity index (χ2n) is 0. The average molecular weight is 100 g/mol. The van der Waals surface area contributed by atoms with Gasteiger partial charge >= 0.3 is 17.4 Å². The molecule has 0 radical (unpaired) electrons. The molecule has 0 aliphatic carbocycles. The monoisotopic (exact) mass is 100 g/mol. The first-order valence-electron chi connectivity index (χ1n) is 0. The van der Waals surface area contributed by atoms with E-state index in [0.29, 0.717) is 0 Å². The van der Waals surface area contributed by atoms with Gasteiger partial charge in [-0.25, -0.2) is 0 Å². The van der Waals surface area contributed by atoms with Gasteiger partial charge < -0.3 is 21.1 Å². The van der Waals surface area contributed by atoms with E-state index in [0.717, 1.165) is 0 Å². The van der Waals surface area contributed by atoms with Gasteiger partial charge in [0.2, 0.25) is 0 Å². The van der Waals surface area contributed by atoms with Crippen LogP contribution in [0.15, 0.2) is 0 Å². The van der Waals surface area contributed by atoms with Crippen LogP contribution in [0.2, 0.25) is 0 Å². The van der Waals surface area contributed by atoms with Crippen LogP contribution in [-0.2, 0) is 0 Å². The fraction of sp³-hybridized carbons (Fsp3) is 0. The van der Waals surface area contributed by atoms with E-state index in [4.69, 9.17) is 0 Å². The second-order valence-corrected chi connectivity index (χ2v) is 0. The van der Waals surface area contributed by atoms with E-state index in [1.807, 2.05) is 0 Å². The average Bonchev–Trinajstić information content (AvgIpc) is 0. The number of rotatable bonds is 0. The number of hydrogen-bond acceptors (Lipinski definition) is 0. The van der Waals surface area contributed by atoms with Crippen LogP contribution in [0.1, 0.15) is 0 Å². The molecule has 0 saturated carbocycles. The Balaban J connectivity index is 0. The molecule has 0 atom stereocenters. The van der Waals surface area contributed by atoms with Gasteiger partial charge in [-0.2, -0.15) is 0 Å². The Morgan fingerprint density at radius 3 is 0.600 bits per heavy atom. The Hall–Kier alpha value is 0.342. The molecule has 32 valence electrons. The predicted octanol–water partition coefficient (Wildman–Crippen LogP) is -5.85. The van der Waals surface area contributed by atoms with Crippen LogP contribution in [0.3, 0.4) is 0 Å². The van der Waals surface area contributed by atoms with Crippen LogP contribution in [0, 0.1) is 0 Å². The summed E-state index contributed by atoms with van der Waals surface area (Å²) in [5.41, 5.74) is 0. The predicted molar refractivity (Wildman–Crippen MR) is 16.6 cm³/mol. The third-order valence-corrected chi connectivity index (χ3v) is 0. The molecule has 0 aliphatic rings. The van der Waals surface area contributed by atoms with E-state index in [2.05, 4.69) is 0 Å². The second kappa shape index (κ2) is 414. The van der Waals surface area contributed by atoms with Crippen LogP contribution >= 0.6 is 0 Å².